The topological polar surface area (TPSA) is 92.4 Å². The molecule has 5 heteroatoms. The summed E-state index contributed by atoms with van der Waals surface area (Å²) in [5.41, 5.74) is 4.38. The first-order valence-electron chi connectivity index (χ1n) is 4.74. The van der Waals surface area contributed by atoms with E-state index in [9.17, 15) is 9.59 Å². The Balaban J connectivity index is 2.81. The molecule has 0 heterocycles. The van der Waals surface area contributed by atoms with Crippen LogP contribution in [0.2, 0.25) is 0 Å². The quantitative estimate of drug-likeness (QED) is 0.690. The van der Waals surface area contributed by atoms with Gasteiger partial charge in [-0.25, -0.2) is 0 Å². The Morgan fingerprint density at radius 1 is 1.25 bits per heavy atom. The normalized spacial score (nSPS) is 10.9. The molecule has 0 aliphatic carbocycles. The number of aromatic hydroxyl groups is 1. The lowest BCUT2D eigenvalue weighted by molar-refractivity contribution is -0.122. The monoisotopic (exact) mass is 222 g/mol. The molecule has 16 heavy (non-hydrogen) atoms. The molecular weight excluding hydrogens is 208 g/mol. The third-order valence-electron chi connectivity index (χ3n) is 2.17. The van der Waals surface area contributed by atoms with Crippen molar-refractivity contribution in [2.45, 2.75) is 19.4 Å². The van der Waals surface area contributed by atoms with Crippen LogP contribution in [0.1, 0.15) is 24.2 Å². The number of nitrogens with one attached hydrogen (secondary N) is 1. The van der Waals surface area contributed by atoms with Crippen molar-refractivity contribution in [3.05, 3.63) is 29.8 Å². The van der Waals surface area contributed by atoms with Crippen LogP contribution in [0.25, 0.3) is 0 Å². The number of benzene rings is 1. The van der Waals surface area contributed by atoms with Crippen LogP contribution in [-0.2, 0) is 4.79 Å². The Morgan fingerprint density at radius 3 is 2.19 bits per heavy atom. The van der Waals surface area contributed by atoms with E-state index in [0.717, 1.165) is 0 Å². The van der Waals surface area contributed by atoms with E-state index in [1.165, 1.54) is 38.1 Å². The number of carbonyl (C=O) groups is 2. The van der Waals surface area contributed by atoms with Crippen LogP contribution in [0.4, 0.5) is 0 Å². The van der Waals surface area contributed by atoms with Crippen molar-refractivity contribution in [1.29, 1.82) is 0 Å². The molecule has 0 saturated carbocycles. The molecule has 2 amide bonds. The molecule has 0 saturated heterocycles. The Bertz CT molecular complexity index is 410. The zero-order chi connectivity index (χ0) is 12.3. The fraction of sp³-hybridized carbons (Fsp3) is 0.273. The molecule has 4 N–H and O–H groups in total. The molecule has 0 aliphatic heterocycles. The van der Waals surface area contributed by atoms with Crippen molar-refractivity contribution in [3.63, 3.8) is 0 Å². The third-order valence-corrected chi connectivity index (χ3v) is 2.17. The van der Waals surface area contributed by atoms with Crippen LogP contribution in [0.15, 0.2) is 24.3 Å². The van der Waals surface area contributed by atoms with Gasteiger partial charge in [-0.1, -0.05) is 0 Å². The van der Waals surface area contributed by atoms with Crippen molar-refractivity contribution < 1.29 is 14.7 Å². The van der Waals surface area contributed by atoms with E-state index in [0.29, 0.717) is 5.56 Å². The molecule has 0 aromatic heterocycles. The van der Waals surface area contributed by atoms with Gasteiger partial charge in [0, 0.05) is 5.56 Å². The van der Waals surface area contributed by atoms with E-state index in [1.807, 2.05) is 0 Å². The van der Waals surface area contributed by atoms with Gasteiger partial charge in [0.25, 0.3) is 5.91 Å². The highest BCUT2D eigenvalue weighted by Gasteiger charge is 2.27. The standard InChI is InChI=1S/C11H14N2O3/c1-11(2,10(12)16)13-9(15)7-3-5-8(14)6-4-7/h3-6,14H,1-2H3,(H2,12,16)(H,13,15). The van der Waals surface area contributed by atoms with Gasteiger partial charge in [0.15, 0.2) is 0 Å². The summed E-state index contributed by atoms with van der Waals surface area (Å²) in [5, 5.41) is 11.5. The summed E-state index contributed by atoms with van der Waals surface area (Å²) in [7, 11) is 0. The van der Waals surface area contributed by atoms with Crippen LogP contribution in [0, 0.1) is 0 Å². The zero-order valence-corrected chi connectivity index (χ0v) is 9.15. The first kappa shape index (κ1) is 12.0. The number of phenols is 1. The van der Waals surface area contributed by atoms with Crippen LogP contribution < -0.4 is 11.1 Å². The molecule has 1 aromatic carbocycles. The zero-order valence-electron chi connectivity index (χ0n) is 9.15. The molecule has 0 fully saturated rings. The predicted octanol–water partition coefficient (Wildman–Crippen LogP) is 0.386. The molecule has 0 bridgehead atoms. The first-order valence-corrected chi connectivity index (χ1v) is 4.74. The smallest absolute Gasteiger partial charge is 0.252 e. The second kappa shape index (κ2) is 4.22. The second-order valence-electron chi connectivity index (χ2n) is 3.99. The average molecular weight is 222 g/mol. The molecule has 1 rings (SSSR count). The summed E-state index contributed by atoms with van der Waals surface area (Å²) < 4.78 is 0. The number of primary amides is 1. The molecule has 1 aromatic rings. The number of rotatable bonds is 3. The van der Waals surface area contributed by atoms with E-state index in [-0.39, 0.29) is 5.75 Å². The molecule has 0 radical (unpaired) electrons. The van der Waals surface area contributed by atoms with Crippen molar-refractivity contribution >= 4 is 11.8 Å². The van der Waals surface area contributed by atoms with Crippen LogP contribution in [0.3, 0.4) is 0 Å². The largest absolute Gasteiger partial charge is 0.508 e. The van der Waals surface area contributed by atoms with E-state index in [2.05, 4.69) is 5.32 Å². The molecule has 0 unspecified atom stereocenters. The fourth-order valence-corrected chi connectivity index (χ4v) is 1.03. The molecular formula is C11H14N2O3. The van der Waals surface area contributed by atoms with Crippen LogP contribution in [-0.4, -0.2) is 22.5 Å². The van der Waals surface area contributed by atoms with E-state index >= 15 is 0 Å². The van der Waals surface area contributed by atoms with Crippen molar-refractivity contribution in [1.82, 2.24) is 5.32 Å². The highest BCUT2D eigenvalue weighted by Crippen LogP contribution is 2.10. The van der Waals surface area contributed by atoms with Gasteiger partial charge in [-0.05, 0) is 38.1 Å². The third kappa shape index (κ3) is 2.73. The second-order valence-corrected chi connectivity index (χ2v) is 3.99. The maximum Gasteiger partial charge on any atom is 0.252 e. The Morgan fingerprint density at radius 2 is 1.75 bits per heavy atom. The van der Waals surface area contributed by atoms with Crippen LogP contribution >= 0.6 is 0 Å². The van der Waals surface area contributed by atoms with E-state index in [1.54, 1.807) is 0 Å². The van der Waals surface area contributed by atoms with Gasteiger partial charge >= 0.3 is 0 Å². The summed E-state index contributed by atoms with van der Waals surface area (Å²) in [4.78, 5) is 22.7. The average Bonchev–Trinajstić information content (AvgIpc) is 2.17. The number of phenolic OH excluding ortho intramolecular Hbond substituents is 1. The molecule has 86 valence electrons. The van der Waals surface area contributed by atoms with Gasteiger partial charge in [-0.3, -0.25) is 9.59 Å². The number of nitrogens with two attached hydrogens (primary N) is 1. The van der Waals surface area contributed by atoms with E-state index < -0.39 is 17.4 Å². The fourth-order valence-electron chi connectivity index (χ4n) is 1.03. The number of amides is 2. The molecule has 5 nitrogen and oxygen atoms in total. The predicted molar refractivity (Wildman–Crippen MR) is 58.8 cm³/mol. The maximum absolute atomic E-state index is 11.7. The molecule has 0 atom stereocenters. The lowest BCUT2D eigenvalue weighted by Gasteiger charge is -2.22. The highest BCUT2D eigenvalue weighted by molar-refractivity contribution is 5.98. The van der Waals surface area contributed by atoms with Gasteiger partial charge in [0.1, 0.15) is 11.3 Å². The Labute approximate surface area is 93.3 Å². The first-order chi connectivity index (χ1) is 7.33. The van der Waals surface area contributed by atoms with Gasteiger partial charge < -0.3 is 16.2 Å². The lowest BCUT2D eigenvalue weighted by Crippen LogP contribution is -2.52. The SMILES string of the molecule is CC(C)(NC(=O)c1ccc(O)cc1)C(N)=O. The van der Waals surface area contributed by atoms with Crippen molar-refractivity contribution in [2.24, 2.45) is 5.73 Å². The van der Waals surface area contributed by atoms with Crippen molar-refractivity contribution in [2.75, 3.05) is 0 Å². The van der Waals surface area contributed by atoms with Gasteiger partial charge in [-0.15, -0.1) is 0 Å². The number of hydrogen-bond acceptors (Lipinski definition) is 3. The van der Waals surface area contributed by atoms with Crippen LogP contribution in [0.5, 0.6) is 5.75 Å². The number of carbonyl (C=O) groups excluding carboxylic acids is 2. The summed E-state index contributed by atoms with van der Waals surface area (Å²) in [6, 6.07) is 5.71. The Kier molecular flexibility index (Phi) is 3.17. The minimum atomic E-state index is -1.10. The van der Waals surface area contributed by atoms with Crippen molar-refractivity contribution in [3.8, 4) is 5.75 Å². The van der Waals surface area contributed by atoms with Gasteiger partial charge in [0.2, 0.25) is 5.91 Å². The summed E-state index contributed by atoms with van der Waals surface area (Å²) in [6.07, 6.45) is 0. The molecule has 0 spiro atoms. The van der Waals surface area contributed by atoms with E-state index in [4.69, 9.17) is 10.8 Å². The van der Waals surface area contributed by atoms with Gasteiger partial charge in [0.05, 0.1) is 0 Å². The minimum Gasteiger partial charge on any atom is -0.508 e. The lowest BCUT2D eigenvalue weighted by atomic mass is 10.0. The maximum atomic E-state index is 11.7. The Hall–Kier alpha value is -2.04. The minimum absolute atomic E-state index is 0.0747. The highest BCUT2D eigenvalue weighted by atomic mass is 16.3. The summed E-state index contributed by atoms with van der Waals surface area (Å²) >= 11 is 0. The molecule has 0 aliphatic rings. The van der Waals surface area contributed by atoms with Gasteiger partial charge in [-0.2, -0.15) is 0 Å². The summed E-state index contributed by atoms with van der Waals surface area (Å²) in [6.45, 7) is 3.04. The number of hydrogen-bond donors (Lipinski definition) is 3. The summed E-state index contributed by atoms with van der Waals surface area (Å²) in [5.74, 6) is -0.950.